The standard InChI is InChI=1S/C20H20Cl2N2O3S/c1-12(25)13-4-3-5-15(10-13)23-20(27)18(8-9-28-2)24-19(26)16-7-6-14(21)11-17(16)22/h3-7,10-11,18H,8-9H2,1-2H3,(H,23,27)(H,24,26)/t18-/m0/s1. The van der Waals surface area contributed by atoms with Gasteiger partial charge in [-0.1, -0.05) is 35.3 Å². The first-order valence-electron chi connectivity index (χ1n) is 8.48. The van der Waals surface area contributed by atoms with Gasteiger partial charge < -0.3 is 10.6 Å². The van der Waals surface area contributed by atoms with Crippen LogP contribution in [0.3, 0.4) is 0 Å². The number of anilines is 1. The van der Waals surface area contributed by atoms with Gasteiger partial charge in [-0.2, -0.15) is 11.8 Å². The van der Waals surface area contributed by atoms with E-state index in [4.69, 9.17) is 23.2 Å². The maximum atomic E-state index is 12.7. The molecule has 0 heterocycles. The van der Waals surface area contributed by atoms with Crippen molar-refractivity contribution in [1.82, 2.24) is 5.32 Å². The fraction of sp³-hybridized carbons (Fsp3) is 0.250. The molecule has 0 bridgehead atoms. The molecule has 0 aromatic heterocycles. The minimum absolute atomic E-state index is 0.0966. The maximum absolute atomic E-state index is 12.7. The number of Topliss-reactive ketones (excluding diaryl/α,β-unsaturated/α-hetero) is 1. The Kier molecular flexibility index (Phi) is 8.35. The van der Waals surface area contributed by atoms with E-state index in [0.29, 0.717) is 28.4 Å². The van der Waals surface area contributed by atoms with E-state index in [0.717, 1.165) is 0 Å². The van der Waals surface area contributed by atoms with Gasteiger partial charge in [-0.15, -0.1) is 0 Å². The van der Waals surface area contributed by atoms with Gasteiger partial charge >= 0.3 is 0 Å². The number of nitrogens with one attached hydrogen (secondary N) is 2. The number of amides is 2. The van der Waals surface area contributed by atoms with E-state index in [1.165, 1.54) is 19.1 Å². The quantitative estimate of drug-likeness (QED) is 0.586. The number of halogens is 2. The molecule has 0 spiro atoms. The summed E-state index contributed by atoms with van der Waals surface area (Å²) in [6, 6.07) is 10.4. The minimum Gasteiger partial charge on any atom is -0.340 e. The first kappa shape index (κ1) is 22.3. The highest BCUT2D eigenvalue weighted by atomic mass is 35.5. The molecule has 5 nitrogen and oxygen atoms in total. The van der Waals surface area contributed by atoms with E-state index >= 15 is 0 Å². The van der Waals surface area contributed by atoms with Crippen LogP contribution in [0, 0.1) is 0 Å². The SMILES string of the molecule is CSCC[C@H](NC(=O)c1ccc(Cl)cc1Cl)C(=O)Nc1cccc(C(C)=O)c1. The van der Waals surface area contributed by atoms with Crippen molar-refractivity contribution in [1.29, 1.82) is 0 Å². The molecule has 28 heavy (non-hydrogen) atoms. The van der Waals surface area contributed by atoms with Crippen LogP contribution in [-0.4, -0.2) is 35.6 Å². The number of hydrogen-bond donors (Lipinski definition) is 2. The van der Waals surface area contributed by atoms with Crippen LogP contribution in [-0.2, 0) is 4.79 Å². The Labute approximate surface area is 178 Å². The molecule has 1 atom stereocenters. The van der Waals surface area contributed by atoms with Crippen molar-refractivity contribution in [3.05, 3.63) is 63.6 Å². The summed E-state index contributed by atoms with van der Waals surface area (Å²) >= 11 is 13.5. The molecule has 0 saturated carbocycles. The molecule has 0 radical (unpaired) electrons. The van der Waals surface area contributed by atoms with Crippen molar-refractivity contribution >= 4 is 58.2 Å². The first-order valence-corrected chi connectivity index (χ1v) is 10.6. The van der Waals surface area contributed by atoms with E-state index in [-0.39, 0.29) is 22.3 Å². The Hall–Kier alpha value is -2.02. The first-order chi connectivity index (χ1) is 13.3. The number of rotatable bonds is 8. The van der Waals surface area contributed by atoms with Gasteiger partial charge in [-0.3, -0.25) is 14.4 Å². The van der Waals surface area contributed by atoms with Crippen LogP contribution in [0.1, 0.15) is 34.1 Å². The summed E-state index contributed by atoms with van der Waals surface area (Å²) in [4.78, 5) is 36.8. The van der Waals surface area contributed by atoms with Crippen molar-refractivity contribution in [2.45, 2.75) is 19.4 Å². The van der Waals surface area contributed by atoms with E-state index in [2.05, 4.69) is 10.6 Å². The van der Waals surface area contributed by atoms with Gasteiger partial charge in [0.2, 0.25) is 5.91 Å². The van der Waals surface area contributed by atoms with Crippen molar-refractivity contribution in [3.8, 4) is 0 Å². The Morgan fingerprint density at radius 1 is 1.11 bits per heavy atom. The van der Waals surface area contributed by atoms with Crippen LogP contribution in [0.15, 0.2) is 42.5 Å². The predicted molar refractivity (Wildman–Crippen MR) is 116 cm³/mol. The lowest BCUT2D eigenvalue weighted by atomic mass is 10.1. The molecule has 2 aromatic carbocycles. The molecular weight excluding hydrogens is 419 g/mol. The summed E-state index contributed by atoms with van der Waals surface area (Å²) in [5, 5.41) is 6.12. The van der Waals surface area contributed by atoms with Crippen molar-refractivity contribution < 1.29 is 14.4 Å². The average molecular weight is 439 g/mol. The molecule has 2 rings (SSSR count). The second-order valence-electron chi connectivity index (χ2n) is 6.06. The molecule has 0 aliphatic rings. The molecule has 2 amide bonds. The van der Waals surface area contributed by atoms with Gasteiger partial charge in [0, 0.05) is 16.3 Å². The lowest BCUT2D eigenvalue weighted by Crippen LogP contribution is -2.44. The Balaban J connectivity index is 2.15. The van der Waals surface area contributed by atoms with Crippen molar-refractivity contribution in [3.63, 3.8) is 0 Å². The molecule has 0 aliphatic carbocycles. The van der Waals surface area contributed by atoms with Crippen molar-refractivity contribution in [2.24, 2.45) is 0 Å². The predicted octanol–water partition coefficient (Wildman–Crippen LogP) is 4.69. The van der Waals surface area contributed by atoms with E-state index in [9.17, 15) is 14.4 Å². The van der Waals surface area contributed by atoms with Gasteiger partial charge in [0.05, 0.1) is 10.6 Å². The summed E-state index contributed by atoms with van der Waals surface area (Å²) in [6.07, 6.45) is 2.36. The molecule has 2 aromatic rings. The minimum atomic E-state index is -0.757. The highest BCUT2D eigenvalue weighted by molar-refractivity contribution is 7.98. The highest BCUT2D eigenvalue weighted by Gasteiger charge is 2.22. The monoisotopic (exact) mass is 438 g/mol. The Morgan fingerprint density at radius 3 is 2.50 bits per heavy atom. The largest absolute Gasteiger partial charge is 0.340 e. The second-order valence-corrected chi connectivity index (χ2v) is 7.89. The summed E-state index contributed by atoms with van der Waals surface area (Å²) in [7, 11) is 0. The zero-order valence-corrected chi connectivity index (χ0v) is 17.8. The van der Waals surface area contributed by atoms with Gasteiger partial charge in [-0.05, 0) is 55.7 Å². The maximum Gasteiger partial charge on any atom is 0.253 e. The van der Waals surface area contributed by atoms with Gasteiger partial charge in [0.25, 0.3) is 5.91 Å². The van der Waals surface area contributed by atoms with Crippen LogP contribution >= 0.6 is 35.0 Å². The van der Waals surface area contributed by atoms with Crippen LogP contribution < -0.4 is 10.6 Å². The average Bonchev–Trinajstić information content (AvgIpc) is 2.65. The van der Waals surface area contributed by atoms with E-state index < -0.39 is 11.9 Å². The normalized spacial score (nSPS) is 11.6. The third-order valence-corrected chi connectivity index (χ3v) is 5.14. The summed E-state index contributed by atoms with van der Waals surface area (Å²) < 4.78 is 0. The van der Waals surface area contributed by atoms with E-state index in [1.807, 2.05) is 6.26 Å². The highest BCUT2D eigenvalue weighted by Crippen LogP contribution is 2.21. The van der Waals surface area contributed by atoms with Gasteiger partial charge in [0.15, 0.2) is 5.78 Å². The van der Waals surface area contributed by atoms with Gasteiger partial charge in [0.1, 0.15) is 6.04 Å². The van der Waals surface area contributed by atoms with Crippen LogP contribution in [0.25, 0.3) is 0 Å². The fourth-order valence-electron chi connectivity index (χ4n) is 2.46. The Bertz CT molecular complexity index is 890. The molecule has 0 unspecified atom stereocenters. The zero-order chi connectivity index (χ0) is 20.7. The second kappa shape index (κ2) is 10.5. The number of ketones is 1. The smallest absolute Gasteiger partial charge is 0.253 e. The molecule has 0 fully saturated rings. The topological polar surface area (TPSA) is 75.3 Å². The summed E-state index contributed by atoms with van der Waals surface area (Å²) in [5.74, 6) is -0.241. The van der Waals surface area contributed by atoms with E-state index in [1.54, 1.807) is 42.1 Å². The van der Waals surface area contributed by atoms with Crippen molar-refractivity contribution in [2.75, 3.05) is 17.3 Å². The van der Waals surface area contributed by atoms with Crippen LogP contribution in [0.2, 0.25) is 10.0 Å². The number of carbonyl (C=O) groups is 3. The lowest BCUT2D eigenvalue weighted by Gasteiger charge is -2.19. The third-order valence-electron chi connectivity index (χ3n) is 3.94. The fourth-order valence-corrected chi connectivity index (χ4v) is 3.43. The summed E-state index contributed by atoms with van der Waals surface area (Å²) in [6.45, 7) is 1.46. The molecule has 2 N–H and O–H groups in total. The summed E-state index contributed by atoms with van der Waals surface area (Å²) in [5.41, 5.74) is 1.23. The number of carbonyl (C=O) groups excluding carboxylic acids is 3. The molecular formula is C20H20Cl2N2O3S. The number of hydrogen-bond acceptors (Lipinski definition) is 4. The van der Waals surface area contributed by atoms with Crippen LogP contribution in [0.5, 0.6) is 0 Å². The molecule has 8 heteroatoms. The van der Waals surface area contributed by atoms with Gasteiger partial charge in [-0.25, -0.2) is 0 Å². The third kappa shape index (κ3) is 6.26. The lowest BCUT2D eigenvalue weighted by molar-refractivity contribution is -0.118. The molecule has 0 saturated heterocycles. The Morgan fingerprint density at radius 2 is 1.86 bits per heavy atom. The molecule has 0 aliphatic heterocycles. The number of benzene rings is 2. The zero-order valence-electron chi connectivity index (χ0n) is 15.4. The number of thioether (sulfide) groups is 1. The van der Waals surface area contributed by atoms with Crippen LogP contribution in [0.4, 0.5) is 5.69 Å². The molecule has 148 valence electrons.